The fraction of sp³-hybridized carbons (Fsp3) is 1.00. The van der Waals surface area contributed by atoms with E-state index in [4.69, 9.17) is 0 Å². The second-order valence-corrected chi connectivity index (χ2v) is 5.72. The molecule has 1 heteroatoms. The molecule has 1 aliphatic carbocycles. The van der Waals surface area contributed by atoms with Gasteiger partial charge < -0.3 is 4.90 Å². The van der Waals surface area contributed by atoms with Crippen LogP contribution in [0.2, 0.25) is 0 Å². The van der Waals surface area contributed by atoms with E-state index < -0.39 is 0 Å². The third kappa shape index (κ3) is 3.27. The molecule has 0 heterocycles. The summed E-state index contributed by atoms with van der Waals surface area (Å²) in [6.45, 7) is 9.30. The first kappa shape index (κ1) is 12.0. The Balaban J connectivity index is 2.33. The van der Waals surface area contributed by atoms with Crippen LogP contribution in [0.5, 0.6) is 0 Å². The van der Waals surface area contributed by atoms with Gasteiger partial charge in [-0.05, 0) is 58.4 Å². The molecule has 2 atom stereocenters. The van der Waals surface area contributed by atoms with Crippen LogP contribution >= 0.6 is 0 Å². The van der Waals surface area contributed by atoms with Gasteiger partial charge in [0.1, 0.15) is 0 Å². The largest absolute Gasteiger partial charge is 0.301 e. The minimum atomic E-state index is 0.706. The van der Waals surface area contributed by atoms with Crippen molar-refractivity contribution >= 4 is 0 Å². The summed E-state index contributed by atoms with van der Waals surface area (Å²) >= 11 is 0. The monoisotopic (exact) mass is 197 g/mol. The van der Waals surface area contributed by atoms with E-state index in [9.17, 15) is 0 Å². The van der Waals surface area contributed by atoms with E-state index in [1.165, 1.54) is 25.7 Å². The SMILES string of the molecule is CC(C)CC1CCC(N(C)C(C)C)C1. The molecule has 0 aromatic heterocycles. The molecule has 1 saturated carbocycles. The van der Waals surface area contributed by atoms with Gasteiger partial charge in [0.2, 0.25) is 0 Å². The smallest absolute Gasteiger partial charge is 0.00976 e. The molecule has 0 N–H and O–H groups in total. The summed E-state index contributed by atoms with van der Waals surface area (Å²) in [6.07, 6.45) is 5.75. The van der Waals surface area contributed by atoms with Gasteiger partial charge in [-0.15, -0.1) is 0 Å². The molecular weight excluding hydrogens is 170 g/mol. The molecule has 1 fully saturated rings. The second kappa shape index (κ2) is 5.16. The number of rotatable bonds is 4. The molecule has 14 heavy (non-hydrogen) atoms. The van der Waals surface area contributed by atoms with Crippen LogP contribution in [-0.2, 0) is 0 Å². The van der Waals surface area contributed by atoms with E-state index in [0.717, 1.165) is 17.9 Å². The lowest BCUT2D eigenvalue weighted by Crippen LogP contribution is -2.35. The molecule has 0 amide bonds. The maximum absolute atomic E-state index is 2.56. The molecule has 84 valence electrons. The molecule has 0 bridgehead atoms. The average molecular weight is 197 g/mol. The fourth-order valence-electron chi connectivity index (χ4n) is 2.72. The van der Waals surface area contributed by atoms with Crippen molar-refractivity contribution in [2.24, 2.45) is 11.8 Å². The van der Waals surface area contributed by atoms with Crippen LogP contribution in [0.4, 0.5) is 0 Å². The normalized spacial score (nSPS) is 28.3. The van der Waals surface area contributed by atoms with Gasteiger partial charge in [-0.2, -0.15) is 0 Å². The average Bonchev–Trinajstić information content (AvgIpc) is 2.50. The molecule has 0 radical (unpaired) electrons. The van der Waals surface area contributed by atoms with Crippen molar-refractivity contribution in [3.63, 3.8) is 0 Å². The van der Waals surface area contributed by atoms with Crippen LogP contribution in [0.3, 0.4) is 0 Å². The lowest BCUT2D eigenvalue weighted by atomic mass is 9.95. The lowest BCUT2D eigenvalue weighted by molar-refractivity contribution is 0.192. The van der Waals surface area contributed by atoms with E-state index in [0.29, 0.717) is 6.04 Å². The van der Waals surface area contributed by atoms with Gasteiger partial charge in [-0.3, -0.25) is 0 Å². The van der Waals surface area contributed by atoms with Crippen molar-refractivity contribution < 1.29 is 0 Å². The summed E-state index contributed by atoms with van der Waals surface area (Å²) in [7, 11) is 2.28. The number of nitrogens with zero attached hydrogens (tertiary/aromatic N) is 1. The van der Waals surface area contributed by atoms with Crippen LogP contribution in [0, 0.1) is 11.8 Å². The zero-order valence-electron chi connectivity index (χ0n) is 10.6. The Labute approximate surface area is 89.9 Å². The van der Waals surface area contributed by atoms with E-state index in [1.807, 2.05) is 0 Å². The molecule has 0 spiro atoms. The van der Waals surface area contributed by atoms with Crippen molar-refractivity contribution in [1.82, 2.24) is 4.90 Å². The Morgan fingerprint density at radius 1 is 1.14 bits per heavy atom. The van der Waals surface area contributed by atoms with Crippen LogP contribution < -0.4 is 0 Å². The molecule has 0 aromatic carbocycles. The Bertz CT molecular complexity index is 163. The Kier molecular flexibility index (Phi) is 4.43. The standard InChI is InChI=1S/C13H27N/c1-10(2)8-12-6-7-13(9-12)14(5)11(3)4/h10-13H,6-9H2,1-5H3. The molecule has 0 aliphatic heterocycles. The van der Waals surface area contributed by atoms with Gasteiger partial charge in [0.15, 0.2) is 0 Å². The second-order valence-electron chi connectivity index (χ2n) is 5.72. The topological polar surface area (TPSA) is 3.24 Å². The molecule has 0 aromatic rings. The maximum Gasteiger partial charge on any atom is 0.00976 e. The van der Waals surface area contributed by atoms with E-state index in [2.05, 4.69) is 39.6 Å². The molecule has 2 unspecified atom stereocenters. The highest BCUT2D eigenvalue weighted by atomic mass is 15.2. The third-order valence-corrected chi connectivity index (χ3v) is 3.71. The molecule has 1 nitrogen and oxygen atoms in total. The van der Waals surface area contributed by atoms with Crippen LogP contribution in [-0.4, -0.2) is 24.0 Å². The Hall–Kier alpha value is -0.0400. The van der Waals surface area contributed by atoms with Gasteiger partial charge >= 0.3 is 0 Å². The van der Waals surface area contributed by atoms with Crippen molar-refractivity contribution in [2.45, 2.75) is 65.5 Å². The van der Waals surface area contributed by atoms with Gasteiger partial charge in [0, 0.05) is 12.1 Å². The first-order chi connectivity index (χ1) is 6.50. The van der Waals surface area contributed by atoms with Gasteiger partial charge in [0.05, 0.1) is 0 Å². The van der Waals surface area contributed by atoms with Crippen molar-refractivity contribution in [2.75, 3.05) is 7.05 Å². The highest BCUT2D eigenvalue weighted by Gasteiger charge is 2.28. The molecule has 1 rings (SSSR count). The highest BCUT2D eigenvalue weighted by Crippen LogP contribution is 2.33. The van der Waals surface area contributed by atoms with Gasteiger partial charge in [-0.1, -0.05) is 13.8 Å². The zero-order chi connectivity index (χ0) is 10.7. The Morgan fingerprint density at radius 2 is 1.79 bits per heavy atom. The zero-order valence-corrected chi connectivity index (χ0v) is 10.6. The molecular formula is C13H27N. The summed E-state index contributed by atoms with van der Waals surface area (Å²) in [4.78, 5) is 2.56. The van der Waals surface area contributed by atoms with E-state index in [1.54, 1.807) is 0 Å². The minimum Gasteiger partial charge on any atom is -0.301 e. The van der Waals surface area contributed by atoms with Crippen LogP contribution in [0.25, 0.3) is 0 Å². The first-order valence-electron chi connectivity index (χ1n) is 6.22. The van der Waals surface area contributed by atoms with Crippen LogP contribution in [0.1, 0.15) is 53.4 Å². The van der Waals surface area contributed by atoms with Crippen molar-refractivity contribution in [3.8, 4) is 0 Å². The summed E-state index contributed by atoms with van der Waals surface area (Å²) in [5, 5.41) is 0. The molecule has 0 saturated heterocycles. The summed E-state index contributed by atoms with van der Waals surface area (Å²) in [5.41, 5.74) is 0. The maximum atomic E-state index is 2.56. The predicted molar refractivity (Wildman–Crippen MR) is 63.5 cm³/mol. The number of hydrogen-bond donors (Lipinski definition) is 0. The fourth-order valence-corrected chi connectivity index (χ4v) is 2.72. The third-order valence-electron chi connectivity index (χ3n) is 3.71. The quantitative estimate of drug-likeness (QED) is 0.666. The minimum absolute atomic E-state index is 0.706. The highest BCUT2D eigenvalue weighted by molar-refractivity contribution is 4.83. The summed E-state index contributed by atoms with van der Waals surface area (Å²) in [5.74, 6) is 1.88. The number of hydrogen-bond acceptors (Lipinski definition) is 1. The van der Waals surface area contributed by atoms with Gasteiger partial charge in [-0.25, -0.2) is 0 Å². The van der Waals surface area contributed by atoms with Gasteiger partial charge in [0.25, 0.3) is 0 Å². The summed E-state index contributed by atoms with van der Waals surface area (Å²) < 4.78 is 0. The Morgan fingerprint density at radius 3 is 2.29 bits per heavy atom. The first-order valence-corrected chi connectivity index (χ1v) is 6.22. The van der Waals surface area contributed by atoms with E-state index >= 15 is 0 Å². The predicted octanol–water partition coefficient (Wildman–Crippen LogP) is 3.54. The lowest BCUT2D eigenvalue weighted by Gasteiger charge is -2.28. The molecule has 1 aliphatic rings. The van der Waals surface area contributed by atoms with Crippen molar-refractivity contribution in [1.29, 1.82) is 0 Å². The summed E-state index contributed by atoms with van der Waals surface area (Å²) in [6, 6.07) is 1.57. The van der Waals surface area contributed by atoms with E-state index in [-0.39, 0.29) is 0 Å². The van der Waals surface area contributed by atoms with Crippen LogP contribution in [0.15, 0.2) is 0 Å². The van der Waals surface area contributed by atoms with Crippen molar-refractivity contribution in [3.05, 3.63) is 0 Å².